The average molecular weight is 295 g/mol. The van der Waals surface area contributed by atoms with E-state index in [1.807, 2.05) is 6.92 Å². The molecule has 0 fully saturated rings. The fraction of sp³-hybridized carbons (Fsp3) is 0.143. The van der Waals surface area contributed by atoms with Gasteiger partial charge in [-0.05, 0) is 30.7 Å². The zero-order valence-corrected chi connectivity index (χ0v) is 11.4. The molecule has 2 aromatic rings. The van der Waals surface area contributed by atoms with E-state index in [9.17, 15) is 14.0 Å². The van der Waals surface area contributed by atoms with E-state index in [4.69, 9.17) is 11.6 Å². The Kier molecular flexibility index (Phi) is 4.20. The number of hydrogen-bond donors (Lipinski definition) is 1. The molecule has 0 unspecified atom stereocenters. The van der Waals surface area contributed by atoms with E-state index >= 15 is 0 Å². The van der Waals surface area contributed by atoms with Gasteiger partial charge in [0.15, 0.2) is 0 Å². The Hall–Kier alpha value is -2.14. The maximum atomic E-state index is 13.0. The van der Waals surface area contributed by atoms with Gasteiger partial charge < -0.3 is 9.88 Å². The first-order valence-corrected chi connectivity index (χ1v) is 6.25. The minimum atomic E-state index is -0.573. The highest BCUT2D eigenvalue weighted by Gasteiger charge is 2.08. The third-order valence-corrected chi connectivity index (χ3v) is 2.97. The standard InChI is InChI=1S/C14H12ClFN2O2/c1-9-2-3-10(15)6-12(9)17-13(19)8-18-7-11(16)4-5-14(18)20/h2-7H,8H2,1H3,(H,17,19). The molecule has 0 radical (unpaired) electrons. The molecule has 0 aliphatic heterocycles. The summed E-state index contributed by atoms with van der Waals surface area (Å²) in [5.74, 6) is -1.00. The van der Waals surface area contributed by atoms with Gasteiger partial charge in [0.25, 0.3) is 5.56 Å². The first-order chi connectivity index (χ1) is 9.45. The Morgan fingerprint density at radius 1 is 1.35 bits per heavy atom. The molecule has 1 aromatic carbocycles. The maximum absolute atomic E-state index is 13.0. The van der Waals surface area contributed by atoms with Gasteiger partial charge in [0.1, 0.15) is 12.4 Å². The summed E-state index contributed by atoms with van der Waals surface area (Å²) in [5.41, 5.74) is 0.964. The van der Waals surface area contributed by atoms with Gasteiger partial charge in [-0.25, -0.2) is 4.39 Å². The fourth-order valence-electron chi connectivity index (χ4n) is 1.70. The van der Waals surface area contributed by atoms with Crippen LogP contribution in [-0.4, -0.2) is 10.5 Å². The molecule has 1 N–H and O–H groups in total. The highest BCUT2D eigenvalue weighted by molar-refractivity contribution is 6.31. The first-order valence-electron chi connectivity index (χ1n) is 5.88. The number of nitrogens with one attached hydrogen (secondary N) is 1. The van der Waals surface area contributed by atoms with Crippen molar-refractivity contribution < 1.29 is 9.18 Å². The van der Waals surface area contributed by atoms with Crippen molar-refractivity contribution in [2.75, 3.05) is 5.32 Å². The van der Waals surface area contributed by atoms with E-state index in [2.05, 4.69) is 5.32 Å². The fourth-order valence-corrected chi connectivity index (χ4v) is 1.87. The van der Waals surface area contributed by atoms with E-state index in [1.54, 1.807) is 18.2 Å². The van der Waals surface area contributed by atoms with Gasteiger partial charge in [0.2, 0.25) is 5.91 Å². The number of anilines is 1. The number of nitrogens with zero attached hydrogens (tertiary/aromatic N) is 1. The van der Waals surface area contributed by atoms with E-state index in [0.717, 1.165) is 28.5 Å². The van der Waals surface area contributed by atoms with Crippen molar-refractivity contribution >= 4 is 23.2 Å². The third-order valence-electron chi connectivity index (χ3n) is 2.74. The van der Waals surface area contributed by atoms with Gasteiger partial charge in [-0.1, -0.05) is 17.7 Å². The topological polar surface area (TPSA) is 51.1 Å². The van der Waals surface area contributed by atoms with Crippen molar-refractivity contribution in [2.45, 2.75) is 13.5 Å². The van der Waals surface area contributed by atoms with Crippen molar-refractivity contribution in [2.24, 2.45) is 0 Å². The summed E-state index contributed by atoms with van der Waals surface area (Å²) < 4.78 is 14.0. The number of aromatic nitrogens is 1. The van der Waals surface area contributed by atoms with Gasteiger partial charge in [-0.15, -0.1) is 0 Å². The number of aryl methyl sites for hydroxylation is 1. The van der Waals surface area contributed by atoms with E-state index in [-0.39, 0.29) is 6.54 Å². The summed E-state index contributed by atoms with van der Waals surface area (Å²) in [6.45, 7) is 1.56. The maximum Gasteiger partial charge on any atom is 0.251 e. The Labute approximate surface area is 119 Å². The smallest absolute Gasteiger partial charge is 0.251 e. The molecule has 0 atom stereocenters. The van der Waals surface area contributed by atoms with Gasteiger partial charge >= 0.3 is 0 Å². The van der Waals surface area contributed by atoms with E-state index in [1.165, 1.54) is 0 Å². The van der Waals surface area contributed by atoms with Crippen LogP contribution in [0, 0.1) is 12.7 Å². The van der Waals surface area contributed by atoms with Crippen LogP contribution in [0.3, 0.4) is 0 Å². The lowest BCUT2D eigenvalue weighted by Gasteiger charge is -2.10. The van der Waals surface area contributed by atoms with Crippen molar-refractivity contribution in [3.8, 4) is 0 Å². The van der Waals surface area contributed by atoms with Crippen LogP contribution in [0.15, 0.2) is 41.3 Å². The lowest BCUT2D eigenvalue weighted by atomic mass is 10.2. The van der Waals surface area contributed by atoms with Crippen molar-refractivity contribution in [3.63, 3.8) is 0 Å². The van der Waals surface area contributed by atoms with Crippen LogP contribution in [0.4, 0.5) is 10.1 Å². The predicted molar refractivity (Wildman–Crippen MR) is 75.5 cm³/mol. The summed E-state index contributed by atoms with van der Waals surface area (Å²) >= 11 is 5.85. The highest BCUT2D eigenvalue weighted by atomic mass is 35.5. The number of benzene rings is 1. The van der Waals surface area contributed by atoms with E-state index < -0.39 is 17.3 Å². The molecule has 0 saturated heterocycles. The van der Waals surface area contributed by atoms with Crippen molar-refractivity contribution in [1.29, 1.82) is 0 Å². The molecule has 0 saturated carbocycles. The normalized spacial score (nSPS) is 10.3. The van der Waals surface area contributed by atoms with Crippen molar-refractivity contribution in [1.82, 2.24) is 4.57 Å². The Morgan fingerprint density at radius 3 is 2.85 bits per heavy atom. The molecule has 0 spiro atoms. The number of rotatable bonds is 3. The average Bonchev–Trinajstić information content (AvgIpc) is 2.38. The van der Waals surface area contributed by atoms with Gasteiger partial charge in [0, 0.05) is 23.0 Å². The second kappa shape index (κ2) is 5.88. The molecule has 1 aromatic heterocycles. The quantitative estimate of drug-likeness (QED) is 0.946. The molecule has 2 rings (SSSR count). The van der Waals surface area contributed by atoms with Gasteiger partial charge in [0.05, 0.1) is 0 Å². The molecule has 0 aliphatic rings. The van der Waals surface area contributed by atoms with Crippen LogP contribution in [0.25, 0.3) is 0 Å². The number of amides is 1. The monoisotopic (exact) mass is 294 g/mol. The van der Waals surface area contributed by atoms with Crippen LogP contribution in [-0.2, 0) is 11.3 Å². The van der Waals surface area contributed by atoms with Gasteiger partial charge in [-0.3, -0.25) is 9.59 Å². The summed E-state index contributed by atoms with van der Waals surface area (Å²) in [5, 5.41) is 3.13. The zero-order chi connectivity index (χ0) is 14.7. The summed E-state index contributed by atoms with van der Waals surface area (Å²) in [6.07, 6.45) is 0.993. The molecule has 1 heterocycles. The number of carbonyl (C=O) groups excluding carboxylic acids is 1. The van der Waals surface area contributed by atoms with Crippen LogP contribution >= 0.6 is 11.6 Å². The molecule has 4 nitrogen and oxygen atoms in total. The number of carbonyl (C=O) groups is 1. The van der Waals surface area contributed by atoms with Crippen molar-refractivity contribution in [3.05, 3.63) is 63.3 Å². The second-order valence-electron chi connectivity index (χ2n) is 4.32. The van der Waals surface area contributed by atoms with E-state index in [0.29, 0.717) is 10.7 Å². The summed E-state index contributed by atoms with van der Waals surface area (Å²) in [6, 6.07) is 7.23. The SMILES string of the molecule is Cc1ccc(Cl)cc1NC(=O)Cn1cc(F)ccc1=O. The Morgan fingerprint density at radius 2 is 2.10 bits per heavy atom. The molecule has 0 bridgehead atoms. The van der Waals surface area contributed by atoms with Gasteiger partial charge in [-0.2, -0.15) is 0 Å². The molecule has 104 valence electrons. The molecular formula is C14H12ClFN2O2. The molecule has 6 heteroatoms. The molecule has 0 aliphatic carbocycles. The molecule has 20 heavy (non-hydrogen) atoms. The molecule has 1 amide bonds. The minimum absolute atomic E-state index is 0.261. The Balaban J connectivity index is 2.15. The lowest BCUT2D eigenvalue weighted by Crippen LogP contribution is -2.27. The molecular weight excluding hydrogens is 283 g/mol. The Bertz CT molecular complexity index is 713. The number of hydrogen-bond acceptors (Lipinski definition) is 2. The summed E-state index contributed by atoms with van der Waals surface area (Å²) in [7, 11) is 0. The van der Waals surface area contributed by atoms with Crippen LogP contribution in [0.2, 0.25) is 5.02 Å². The first kappa shape index (κ1) is 14.3. The van der Waals surface area contributed by atoms with Crippen LogP contribution < -0.4 is 10.9 Å². The lowest BCUT2D eigenvalue weighted by molar-refractivity contribution is -0.116. The largest absolute Gasteiger partial charge is 0.324 e. The minimum Gasteiger partial charge on any atom is -0.324 e. The third kappa shape index (κ3) is 3.45. The number of halogens is 2. The second-order valence-corrected chi connectivity index (χ2v) is 4.76. The summed E-state index contributed by atoms with van der Waals surface area (Å²) in [4.78, 5) is 23.3. The van der Waals surface area contributed by atoms with Crippen LogP contribution in [0.5, 0.6) is 0 Å². The zero-order valence-electron chi connectivity index (χ0n) is 10.7. The predicted octanol–water partition coefficient (Wildman–Crippen LogP) is 2.59. The van der Waals surface area contributed by atoms with Crippen LogP contribution in [0.1, 0.15) is 5.56 Å². The number of pyridine rings is 1. The highest BCUT2D eigenvalue weighted by Crippen LogP contribution is 2.20.